The van der Waals surface area contributed by atoms with E-state index in [0.29, 0.717) is 13.2 Å². The van der Waals surface area contributed by atoms with E-state index in [-0.39, 0.29) is 17.9 Å². The lowest BCUT2D eigenvalue weighted by molar-refractivity contribution is -0.149. The molecule has 0 aromatic heterocycles. The Morgan fingerprint density at radius 2 is 1.85 bits per heavy atom. The van der Waals surface area contributed by atoms with Gasteiger partial charge in [-0.2, -0.15) is 0 Å². The van der Waals surface area contributed by atoms with Gasteiger partial charge in [0.25, 0.3) is 0 Å². The van der Waals surface area contributed by atoms with Crippen LogP contribution in [0.25, 0.3) is 0 Å². The Hall–Kier alpha value is -1.14. The number of ether oxygens (including phenoxy) is 1. The van der Waals surface area contributed by atoms with Gasteiger partial charge in [0, 0.05) is 26.2 Å². The summed E-state index contributed by atoms with van der Waals surface area (Å²) in [7, 11) is 2.07. The standard InChI is InChI=1S/C14H25N3O3/c1-3-20-14(19)12-5-4-6-17(12)11-13(18)16-9-7-15(2)8-10-16/h12H,3-11H2,1-2H3. The van der Waals surface area contributed by atoms with Gasteiger partial charge in [0.1, 0.15) is 6.04 Å². The van der Waals surface area contributed by atoms with Gasteiger partial charge in [-0.15, -0.1) is 0 Å². The van der Waals surface area contributed by atoms with Gasteiger partial charge in [0.2, 0.25) is 5.91 Å². The number of rotatable bonds is 4. The van der Waals surface area contributed by atoms with Crippen molar-refractivity contribution in [3.05, 3.63) is 0 Å². The van der Waals surface area contributed by atoms with Gasteiger partial charge in [-0.25, -0.2) is 0 Å². The minimum Gasteiger partial charge on any atom is -0.465 e. The predicted molar refractivity (Wildman–Crippen MR) is 75.3 cm³/mol. The van der Waals surface area contributed by atoms with Crippen LogP contribution in [0.5, 0.6) is 0 Å². The van der Waals surface area contributed by atoms with Crippen LogP contribution in [-0.2, 0) is 14.3 Å². The molecule has 6 nitrogen and oxygen atoms in total. The zero-order valence-corrected chi connectivity index (χ0v) is 12.5. The van der Waals surface area contributed by atoms with Crippen LogP contribution in [-0.4, -0.2) is 85.5 Å². The van der Waals surface area contributed by atoms with Crippen LogP contribution in [0.2, 0.25) is 0 Å². The zero-order valence-electron chi connectivity index (χ0n) is 12.5. The topological polar surface area (TPSA) is 53.1 Å². The molecule has 2 heterocycles. The van der Waals surface area contributed by atoms with E-state index in [1.54, 1.807) is 0 Å². The molecule has 2 aliphatic rings. The highest BCUT2D eigenvalue weighted by Crippen LogP contribution is 2.18. The first kappa shape index (κ1) is 15.3. The lowest BCUT2D eigenvalue weighted by Crippen LogP contribution is -2.51. The number of hydrogen-bond donors (Lipinski definition) is 0. The number of carbonyl (C=O) groups excluding carboxylic acids is 2. The van der Waals surface area contributed by atoms with Gasteiger partial charge >= 0.3 is 5.97 Å². The fraction of sp³-hybridized carbons (Fsp3) is 0.857. The van der Waals surface area contributed by atoms with E-state index in [1.807, 2.05) is 16.7 Å². The summed E-state index contributed by atoms with van der Waals surface area (Å²) in [5.74, 6) is -0.0505. The number of hydrogen-bond acceptors (Lipinski definition) is 5. The van der Waals surface area contributed by atoms with E-state index < -0.39 is 0 Å². The summed E-state index contributed by atoms with van der Waals surface area (Å²) >= 11 is 0. The highest BCUT2D eigenvalue weighted by Gasteiger charge is 2.34. The molecule has 0 spiro atoms. The third kappa shape index (κ3) is 3.70. The van der Waals surface area contributed by atoms with Crippen molar-refractivity contribution in [2.75, 3.05) is 52.9 Å². The highest BCUT2D eigenvalue weighted by atomic mass is 16.5. The Balaban J connectivity index is 1.85. The second-order valence-corrected chi connectivity index (χ2v) is 5.56. The molecule has 6 heteroatoms. The number of amides is 1. The van der Waals surface area contributed by atoms with E-state index in [4.69, 9.17) is 4.74 Å². The van der Waals surface area contributed by atoms with Crippen LogP contribution >= 0.6 is 0 Å². The summed E-state index contributed by atoms with van der Waals surface area (Å²) in [6.45, 7) is 6.78. The molecule has 2 aliphatic heterocycles. The molecule has 1 atom stereocenters. The van der Waals surface area contributed by atoms with E-state index >= 15 is 0 Å². The number of piperazine rings is 1. The van der Waals surface area contributed by atoms with E-state index in [2.05, 4.69) is 11.9 Å². The smallest absolute Gasteiger partial charge is 0.323 e. The first-order chi connectivity index (χ1) is 9.61. The third-order valence-electron chi connectivity index (χ3n) is 4.12. The molecule has 2 fully saturated rings. The number of esters is 1. The molecular formula is C14H25N3O3. The van der Waals surface area contributed by atoms with Gasteiger partial charge in [-0.3, -0.25) is 14.5 Å². The van der Waals surface area contributed by atoms with Gasteiger partial charge in [0.15, 0.2) is 0 Å². The maximum atomic E-state index is 12.3. The number of likely N-dealkylation sites (N-methyl/N-ethyl adjacent to an activating group) is 1. The van der Waals surface area contributed by atoms with Crippen molar-refractivity contribution in [1.82, 2.24) is 14.7 Å². The van der Waals surface area contributed by atoms with Crippen LogP contribution in [0.15, 0.2) is 0 Å². The SMILES string of the molecule is CCOC(=O)C1CCCN1CC(=O)N1CCN(C)CC1. The first-order valence-corrected chi connectivity index (χ1v) is 7.49. The van der Waals surface area contributed by atoms with Gasteiger partial charge in [-0.05, 0) is 33.4 Å². The molecule has 2 saturated heterocycles. The molecule has 1 amide bonds. The minimum absolute atomic E-state index is 0.134. The molecule has 114 valence electrons. The summed E-state index contributed by atoms with van der Waals surface area (Å²) in [5.41, 5.74) is 0. The van der Waals surface area contributed by atoms with Crippen molar-refractivity contribution < 1.29 is 14.3 Å². The molecule has 20 heavy (non-hydrogen) atoms. The maximum Gasteiger partial charge on any atom is 0.323 e. The normalized spacial score (nSPS) is 24.9. The van der Waals surface area contributed by atoms with Crippen molar-refractivity contribution in [2.24, 2.45) is 0 Å². The van der Waals surface area contributed by atoms with Crippen molar-refractivity contribution in [1.29, 1.82) is 0 Å². The predicted octanol–water partition coefficient (Wildman–Crippen LogP) is -0.212. The molecule has 0 N–H and O–H groups in total. The average molecular weight is 283 g/mol. The summed E-state index contributed by atoms with van der Waals surface area (Å²) in [4.78, 5) is 30.3. The fourth-order valence-electron chi connectivity index (χ4n) is 2.85. The molecular weight excluding hydrogens is 258 g/mol. The van der Waals surface area contributed by atoms with Crippen molar-refractivity contribution in [2.45, 2.75) is 25.8 Å². The minimum atomic E-state index is -0.230. The number of nitrogens with zero attached hydrogens (tertiary/aromatic N) is 3. The summed E-state index contributed by atoms with van der Waals surface area (Å²) in [6.07, 6.45) is 1.76. The van der Waals surface area contributed by atoms with Crippen LogP contribution in [0.4, 0.5) is 0 Å². The fourth-order valence-corrected chi connectivity index (χ4v) is 2.85. The van der Waals surface area contributed by atoms with Gasteiger partial charge < -0.3 is 14.5 Å². The van der Waals surface area contributed by atoms with Crippen LogP contribution in [0.1, 0.15) is 19.8 Å². The monoisotopic (exact) mass is 283 g/mol. The first-order valence-electron chi connectivity index (χ1n) is 7.49. The molecule has 0 aliphatic carbocycles. The Bertz CT molecular complexity index is 354. The Morgan fingerprint density at radius 1 is 1.15 bits per heavy atom. The molecule has 1 unspecified atom stereocenters. The van der Waals surface area contributed by atoms with Crippen molar-refractivity contribution in [3.63, 3.8) is 0 Å². The Morgan fingerprint density at radius 3 is 2.50 bits per heavy atom. The average Bonchev–Trinajstić information content (AvgIpc) is 2.88. The summed E-state index contributed by atoms with van der Waals surface area (Å²) in [5, 5.41) is 0. The quantitative estimate of drug-likeness (QED) is 0.668. The van der Waals surface area contributed by atoms with Gasteiger partial charge in [-0.1, -0.05) is 0 Å². The Labute approximate surface area is 120 Å². The Kier molecular flexibility index (Phi) is 5.37. The molecule has 0 radical (unpaired) electrons. The molecule has 0 bridgehead atoms. The lowest BCUT2D eigenvalue weighted by Gasteiger charge is -2.34. The van der Waals surface area contributed by atoms with Gasteiger partial charge in [0.05, 0.1) is 13.2 Å². The summed E-state index contributed by atoms with van der Waals surface area (Å²) in [6, 6.07) is -0.230. The number of carbonyl (C=O) groups is 2. The molecule has 2 rings (SSSR count). The largest absolute Gasteiger partial charge is 0.465 e. The molecule has 0 saturated carbocycles. The lowest BCUT2D eigenvalue weighted by atomic mass is 10.2. The van der Waals surface area contributed by atoms with Crippen LogP contribution < -0.4 is 0 Å². The second-order valence-electron chi connectivity index (χ2n) is 5.56. The van der Waals surface area contributed by atoms with Crippen LogP contribution in [0, 0.1) is 0 Å². The molecule has 0 aromatic carbocycles. The molecule has 0 aromatic rings. The van der Waals surface area contributed by atoms with E-state index in [9.17, 15) is 9.59 Å². The van der Waals surface area contributed by atoms with Crippen LogP contribution in [0.3, 0.4) is 0 Å². The highest BCUT2D eigenvalue weighted by molar-refractivity contribution is 5.81. The van der Waals surface area contributed by atoms with Crippen molar-refractivity contribution in [3.8, 4) is 0 Å². The third-order valence-corrected chi connectivity index (χ3v) is 4.12. The number of likely N-dealkylation sites (tertiary alicyclic amines) is 1. The second kappa shape index (κ2) is 7.04. The summed E-state index contributed by atoms with van der Waals surface area (Å²) < 4.78 is 5.08. The van der Waals surface area contributed by atoms with E-state index in [1.165, 1.54) is 0 Å². The zero-order chi connectivity index (χ0) is 14.5. The van der Waals surface area contributed by atoms with E-state index in [0.717, 1.165) is 45.6 Å². The van der Waals surface area contributed by atoms with Crippen molar-refractivity contribution >= 4 is 11.9 Å². The maximum absolute atomic E-state index is 12.3.